The van der Waals surface area contributed by atoms with Crippen LogP contribution in [0.3, 0.4) is 0 Å². The number of nitrogens with one attached hydrogen (secondary N) is 1. The second kappa shape index (κ2) is 10.8. The third kappa shape index (κ3) is 6.75. The molecule has 2 atom stereocenters. The minimum absolute atomic E-state index is 0.0429. The van der Waals surface area contributed by atoms with E-state index in [1.54, 1.807) is 24.0 Å². The molecule has 0 aromatic heterocycles. The summed E-state index contributed by atoms with van der Waals surface area (Å²) < 4.78 is 0. The number of halogens is 2. The second-order valence-corrected chi connectivity index (χ2v) is 8.75. The lowest BCUT2D eigenvalue weighted by Crippen LogP contribution is -2.49. The molecule has 30 heavy (non-hydrogen) atoms. The Hall–Kier alpha value is -2.04. The monoisotopic (exact) mass is 448 g/mol. The maximum Gasteiger partial charge on any atom is 0.242 e. The van der Waals surface area contributed by atoms with Gasteiger partial charge in [0.25, 0.3) is 0 Å². The molecule has 0 saturated carbocycles. The van der Waals surface area contributed by atoms with Crippen LogP contribution in [0.25, 0.3) is 0 Å². The molecule has 162 valence electrons. The van der Waals surface area contributed by atoms with Crippen LogP contribution in [-0.2, 0) is 22.6 Å². The molecule has 2 rings (SSSR count). The average molecular weight is 449 g/mol. The van der Waals surface area contributed by atoms with Crippen molar-refractivity contribution in [2.24, 2.45) is 0 Å². The number of carbonyl (C=O) groups excluding carboxylic acids is 2. The summed E-state index contributed by atoms with van der Waals surface area (Å²) in [4.78, 5) is 27.7. The van der Waals surface area contributed by atoms with E-state index in [9.17, 15) is 9.59 Å². The highest BCUT2D eigenvalue weighted by Gasteiger charge is 2.27. The van der Waals surface area contributed by atoms with Gasteiger partial charge in [0.2, 0.25) is 11.8 Å². The van der Waals surface area contributed by atoms with Gasteiger partial charge in [0.05, 0.1) is 16.5 Å². The van der Waals surface area contributed by atoms with Gasteiger partial charge in [-0.25, -0.2) is 0 Å². The zero-order chi connectivity index (χ0) is 22.4. The number of rotatable bonds is 8. The van der Waals surface area contributed by atoms with Gasteiger partial charge in [-0.3, -0.25) is 9.59 Å². The van der Waals surface area contributed by atoms with Crippen LogP contribution in [0.4, 0.5) is 0 Å². The first-order valence-corrected chi connectivity index (χ1v) is 11.0. The number of hydrogen-bond donors (Lipinski definition) is 1. The van der Waals surface area contributed by atoms with Crippen LogP contribution in [-0.4, -0.2) is 28.8 Å². The van der Waals surface area contributed by atoms with Crippen molar-refractivity contribution in [2.75, 3.05) is 0 Å². The normalized spacial score (nSPS) is 12.9. The molecule has 0 spiro atoms. The van der Waals surface area contributed by atoms with Gasteiger partial charge in [-0.2, -0.15) is 0 Å². The summed E-state index contributed by atoms with van der Waals surface area (Å²) in [6.07, 6.45) is 1.05. The lowest BCUT2D eigenvalue weighted by molar-refractivity contribution is -0.140. The van der Waals surface area contributed by atoms with Gasteiger partial charge >= 0.3 is 0 Å². The van der Waals surface area contributed by atoms with Gasteiger partial charge in [0.1, 0.15) is 6.04 Å². The fourth-order valence-corrected chi connectivity index (χ4v) is 3.65. The number of amides is 2. The Morgan fingerprint density at radius 1 is 0.967 bits per heavy atom. The van der Waals surface area contributed by atoms with Gasteiger partial charge in [0.15, 0.2) is 0 Å². The molecule has 0 aliphatic heterocycles. The smallest absolute Gasteiger partial charge is 0.242 e. The molecular formula is C24H30Cl2N2O2. The van der Waals surface area contributed by atoms with E-state index in [1.165, 1.54) is 0 Å². The van der Waals surface area contributed by atoms with Crippen molar-refractivity contribution in [3.63, 3.8) is 0 Å². The first kappa shape index (κ1) is 24.2. The van der Waals surface area contributed by atoms with Crippen molar-refractivity contribution in [1.82, 2.24) is 10.2 Å². The maximum absolute atomic E-state index is 13.3. The minimum Gasteiger partial charge on any atom is -0.352 e. The molecule has 0 aliphatic carbocycles. The Labute approximate surface area is 189 Å². The number of nitrogens with zero attached hydrogens (tertiary/aromatic N) is 1. The molecule has 0 aliphatic rings. The Bertz CT molecular complexity index is 894. The number of aryl methyl sites for hydroxylation is 2. The second-order valence-electron chi connectivity index (χ2n) is 7.94. The molecule has 0 radical (unpaired) electrons. The van der Waals surface area contributed by atoms with E-state index in [4.69, 9.17) is 23.2 Å². The predicted octanol–water partition coefficient (Wildman–Crippen LogP) is 5.48. The molecule has 4 nitrogen and oxygen atoms in total. The third-order valence-corrected chi connectivity index (χ3v) is 5.88. The summed E-state index contributed by atoms with van der Waals surface area (Å²) in [7, 11) is 0. The third-order valence-electron chi connectivity index (χ3n) is 5.14. The highest BCUT2D eigenvalue weighted by Crippen LogP contribution is 2.24. The Kier molecular flexibility index (Phi) is 8.75. The Balaban J connectivity index is 2.29. The zero-order valence-electron chi connectivity index (χ0n) is 18.3. The molecule has 0 bridgehead atoms. The van der Waals surface area contributed by atoms with Crippen LogP contribution in [0, 0.1) is 13.8 Å². The highest BCUT2D eigenvalue weighted by atomic mass is 35.5. The van der Waals surface area contributed by atoms with Gasteiger partial charge in [-0.15, -0.1) is 0 Å². The first-order chi connectivity index (χ1) is 14.1. The van der Waals surface area contributed by atoms with E-state index >= 15 is 0 Å². The quantitative estimate of drug-likeness (QED) is 0.580. The fraction of sp³-hybridized carbons (Fsp3) is 0.417. The van der Waals surface area contributed by atoms with Crippen LogP contribution < -0.4 is 5.32 Å². The Morgan fingerprint density at radius 3 is 2.17 bits per heavy atom. The molecule has 2 aromatic rings. The number of carbonyl (C=O) groups is 2. The molecule has 2 amide bonds. The summed E-state index contributed by atoms with van der Waals surface area (Å²) in [5, 5.41) is 3.85. The van der Waals surface area contributed by atoms with Crippen molar-refractivity contribution in [1.29, 1.82) is 0 Å². The molecule has 0 saturated heterocycles. The molecular weight excluding hydrogens is 419 g/mol. The largest absolute Gasteiger partial charge is 0.352 e. The van der Waals surface area contributed by atoms with Crippen molar-refractivity contribution in [3.05, 3.63) is 68.7 Å². The van der Waals surface area contributed by atoms with Gasteiger partial charge in [0, 0.05) is 12.6 Å². The average Bonchev–Trinajstić information content (AvgIpc) is 2.67. The minimum atomic E-state index is -0.619. The molecule has 0 fully saturated rings. The van der Waals surface area contributed by atoms with Crippen molar-refractivity contribution in [2.45, 2.75) is 66.1 Å². The van der Waals surface area contributed by atoms with Crippen molar-refractivity contribution >= 4 is 35.0 Å². The summed E-state index contributed by atoms with van der Waals surface area (Å²) in [5.41, 5.74) is 3.97. The van der Waals surface area contributed by atoms with Gasteiger partial charge in [-0.05, 0) is 57.4 Å². The van der Waals surface area contributed by atoms with Gasteiger partial charge in [-0.1, -0.05) is 65.5 Å². The summed E-state index contributed by atoms with van der Waals surface area (Å²) in [6, 6.07) is 10.8. The van der Waals surface area contributed by atoms with Crippen LogP contribution in [0.2, 0.25) is 10.0 Å². The summed E-state index contributed by atoms with van der Waals surface area (Å²) >= 11 is 12.2. The SMILES string of the molecule is CC[C@@H](C)NC(=O)[C@H](C)N(Cc1ccc(Cl)c(Cl)c1)C(=O)Cc1cc(C)cc(C)c1. The zero-order valence-corrected chi connectivity index (χ0v) is 19.8. The van der Waals surface area contributed by atoms with E-state index in [2.05, 4.69) is 11.4 Å². The van der Waals surface area contributed by atoms with Crippen LogP contribution >= 0.6 is 23.2 Å². The summed E-state index contributed by atoms with van der Waals surface area (Å²) in [5.74, 6) is -0.281. The van der Waals surface area contributed by atoms with Crippen LogP contribution in [0.1, 0.15) is 49.4 Å². The molecule has 2 aromatic carbocycles. The van der Waals surface area contributed by atoms with Gasteiger partial charge < -0.3 is 10.2 Å². The number of hydrogen-bond acceptors (Lipinski definition) is 2. The summed E-state index contributed by atoms with van der Waals surface area (Å²) in [6.45, 7) is 10.0. The fourth-order valence-electron chi connectivity index (χ4n) is 3.33. The lowest BCUT2D eigenvalue weighted by Gasteiger charge is -2.30. The van der Waals surface area contributed by atoms with Crippen LogP contribution in [0.15, 0.2) is 36.4 Å². The van der Waals surface area contributed by atoms with E-state index in [0.29, 0.717) is 10.0 Å². The molecule has 1 N–H and O–H groups in total. The van der Waals surface area contributed by atoms with Crippen LogP contribution in [0.5, 0.6) is 0 Å². The molecule has 6 heteroatoms. The van der Waals surface area contributed by atoms with Crippen molar-refractivity contribution in [3.8, 4) is 0 Å². The molecule has 0 unspecified atom stereocenters. The van der Waals surface area contributed by atoms with E-state index in [0.717, 1.165) is 28.7 Å². The number of benzene rings is 2. The lowest BCUT2D eigenvalue weighted by atomic mass is 10.0. The standard InChI is InChI=1S/C24H30Cl2N2O2/c1-6-17(4)27-24(30)18(5)28(14-19-7-8-21(25)22(26)12-19)23(29)13-20-10-15(2)9-16(3)11-20/h7-12,17-18H,6,13-14H2,1-5H3,(H,27,30)/t17-,18+/m1/s1. The predicted molar refractivity (Wildman–Crippen MR) is 124 cm³/mol. The Morgan fingerprint density at radius 2 is 1.60 bits per heavy atom. The maximum atomic E-state index is 13.3. The van der Waals surface area contributed by atoms with Crippen molar-refractivity contribution < 1.29 is 9.59 Å². The van der Waals surface area contributed by atoms with E-state index in [-0.39, 0.29) is 30.8 Å². The first-order valence-electron chi connectivity index (χ1n) is 10.2. The topological polar surface area (TPSA) is 49.4 Å². The molecule has 0 heterocycles. The highest BCUT2D eigenvalue weighted by molar-refractivity contribution is 6.42. The van der Waals surface area contributed by atoms with E-state index in [1.807, 2.05) is 45.9 Å². The van der Waals surface area contributed by atoms with E-state index < -0.39 is 6.04 Å².